The van der Waals surface area contributed by atoms with Gasteiger partial charge in [-0.1, -0.05) is 18.2 Å². The highest BCUT2D eigenvalue weighted by atomic mass is 35.5. The van der Waals surface area contributed by atoms with Gasteiger partial charge in [-0.2, -0.15) is 5.10 Å². The van der Waals surface area contributed by atoms with E-state index in [0.29, 0.717) is 12.3 Å². The fourth-order valence-electron chi connectivity index (χ4n) is 1.62. The van der Waals surface area contributed by atoms with Gasteiger partial charge in [-0.3, -0.25) is 4.68 Å². The van der Waals surface area contributed by atoms with Crippen LogP contribution in [-0.4, -0.2) is 14.9 Å². The first-order chi connectivity index (χ1) is 7.66. The number of rotatable bonds is 3. The van der Waals surface area contributed by atoms with Crippen LogP contribution in [0.3, 0.4) is 0 Å². The molecule has 0 aliphatic heterocycles. The Bertz CT molecular complexity index is 496. The molecule has 0 aliphatic carbocycles. The van der Waals surface area contributed by atoms with E-state index in [1.807, 2.05) is 38.4 Å². The zero-order chi connectivity index (χ0) is 11.5. The second-order valence-electron chi connectivity index (χ2n) is 3.82. The molecular weight excluding hydrogens is 238 g/mol. The summed E-state index contributed by atoms with van der Waals surface area (Å²) in [4.78, 5) is 0. The van der Waals surface area contributed by atoms with Crippen molar-refractivity contribution in [3.63, 3.8) is 0 Å². The number of para-hydroxylation sites is 1. The molecule has 0 amide bonds. The smallest absolute Gasteiger partial charge is 0.151 e. The van der Waals surface area contributed by atoms with Gasteiger partial charge in [0.1, 0.15) is 5.75 Å². The molecule has 1 heterocycles. The molecule has 0 fully saturated rings. The van der Waals surface area contributed by atoms with E-state index >= 15 is 0 Å². The number of phenolic OH excluding ortho intramolecular Hbond substituents is 1. The third-order valence-electron chi connectivity index (χ3n) is 2.45. The second kappa shape index (κ2) is 5.59. The van der Waals surface area contributed by atoms with E-state index in [0.717, 1.165) is 16.9 Å². The maximum Gasteiger partial charge on any atom is 0.151 e. The standard InChI is InChI=1S/C12H15N3O.ClH/c1-9-8-15(2)14-12(9)13-7-10-5-3-4-6-11(10)16;/h3-6,8,16H,7H2,1-2H3,(H,13,14);1H. The van der Waals surface area contributed by atoms with Crippen LogP contribution in [0.15, 0.2) is 30.5 Å². The zero-order valence-corrected chi connectivity index (χ0v) is 10.7. The lowest BCUT2D eigenvalue weighted by molar-refractivity contribution is 0.469. The third-order valence-corrected chi connectivity index (χ3v) is 2.45. The number of aryl methyl sites for hydroxylation is 2. The van der Waals surface area contributed by atoms with Crippen LogP contribution in [0.1, 0.15) is 11.1 Å². The summed E-state index contributed by atoms with van der Waals surface area (Å²) < 4.78 is 1.77. The fraction of sp³-hybridized carbons (Fsp3) is 0.250. The molecule has 2 rings (SSSR count). The predicted octanol–water partition coefficient (Wildman–Crippen LogP) is 2.47. The van der Waals surface area contributed by atoms with Gasteiger partial charge in [0.05, 0.1) is 0 Å². The zero-order valence-electron chi connectivity index (χ0n) is 9.84. The minimum atomic E-state index is 0. The molecule has 1 aromatic heterocycles. The Balaban J connectivity index is 0.00000144. The quantitative estimate of drug-likeness (QED) is 0.884. The van der Waals surface area contributed by atoms with Gasteiger partial charge in [0.2, 0.25) is 0 Å². The van der Waals surface area contributed by atoms with E-state index < -0.39 is 0 Å². The van der Waals surface area contributed by atoms with Crippen LogP contribution in [0, 0.1) is 6.92 Å². The maximum atomic E-state index is 9.60. The number of hydrogen-bond acceptors (Lipinski definition) is 3. The summed E-state index contributed by atoms with van der Waals surface area (Å²) >= 11 is 0. The van der Waals surface area contributed by atoms with Crippen LogP contribution in [0.2, 0.25) is 0 Å². The molecule has 0 atom stereocenters. The molecule has 0 bridgehead atoms. The molecule has 17 heavy (non-hydrogen) atoms. The molecule has 2 N–H and O–H groups in total. The second-order valence-corrected chi connectivity index (χ2v) is 3.82. The third kappa shape index (κ3) is 3.14. The van der Waals surface area contributed by atoms with Gasteiger partial charge in [0.15, 0.2) is 5.82 Å². The molecule has 5 heteroatoms. The number of aromatic nitrogens is 2. The Morgan fingerprint density at radius 1 is 1.35 bits per heavy atom. The van der Waals surface area contributed by atoms with E-state index in [1.54, 1.807) is 10.7 Å². The molecule has 0 aliphatic rings. The Hall–Kier alpha value is -1.68. The predicted molar refractivity (Wildman–Crippen MR) is 70.6 cm³/mol. The summed E-state index contributed by atoms with van der Waals surface area (Å²) in [5.41, 5.74) is 1.96. The van der Waals surface area contributed by atoms with Crippen molar-refractivity contribution in [2.75, 3.05) is 5.32 Å². The molecule has 0 unspecified atom stereocenters. The molecule has 1 aromatic carbocycles. The lowest BCUT2D eigenvalue weighted by Gasteiger charge is -2.06. The Morgan fingerprint density at radius 2 is 2.06 bits per heavy atom. The lowest BCUT2D eigenvalue weighted by Crippen LogP contribution is -2.01. The number of phenols is 1. The summed E-state index contributed by atoms with van der Waals surface area (Å²) in [6.45, 7) is 2.57. The van der Waals surface area contributed by atoms with Crippen molar-refractivity contribution in [1.29, 1.82) is 0 Å². The first-order valence-corrected chi connectivity index (χ1v) is 5.18. The number of aromatic hydroxyl groups is 1. The fourth-order valence-corrected chi connectivity index (χ4v) is 1.62. The highest BCUT2D eigenvalue weighted by Gasteiger charge is 2.04. The molecule has 4 nitrogen and oxygen atoms in total. The van der Waals surface area contributed by atoms with Gasteiger partial charge in [0, 0.05) is 30.9 Å². The van der Waals surface area contributed by atoms with Crippen LogP contribution < -0.4 is 5.32 Å². The average Bonchev–Trinajstić information content (AvgIpc) is 2.56. The lowest BCUT2D eigenvalue weighted by atomic mass is 10.2. The van der Waals surface area contributed by atoms with Crippen LogP contribution in [0.25, 0.3) is 0 Å². The highest BCUT2D eigenvalue weighted by Crippen LogP contribution is 2.18. The molecule has 0 saturated carbocycles. The van der Waals surface area contributed by atoms with Gasteiger partial charge in [-0.15, -0.1) is 12.4 Å². The molecule has 92 valence electrons. The minimum absolute atomic E-state index is 0. The van der Waals surface area contributed by atoms with Crippen molar-refractivity contribution in [2.24, 2.45) is 7.05 Å². The first-order valence-electron chi connectivity index (χ1n) is 5.18. The van der Waals surface area contributed by atoms with Gasteiger partial charge >= 0.3 is 0 Å². The molecule has 0 radical (unpaired) electrons. The van der Waals surface area contributed by atoms with E-state index in [9.17, 15) is 5.11 Å². The monoisotopic (exact) mass is 253 g/mol. The van der Waals surface area contributed by atoms with Crippen molar-refractivity contribution >= 4 is 18.2 Å². The number of halogens is 1. The van der Waals surface area contributed by atoms with E-state index in [-0.39, 0.29) is 12.4 Å². The summed E-state index contributed by atoms with van der Waals surface area (Å²) in [6.07, 6.45) is 1.95. The van der Waals surface area contributed by atoms with E-state index in [1.165, 1.54) is 0 Å². The normalized spacial score (nSPS) is 9.76. The number of hydrogen-bond donors (Lipinski definition) is 2. The number of anilines is 1. The van der Waals surface area contributed by atoms with Crippen molar-refractivity contribution in [3.05, 3.63) is 41.6 Å². The number of nitrogens with zero attached hydrogens (tertiary/aromatic N) is 2. The molecular formula is C12H16ClN3O. The van der Waals surface area contributed by atoms with Gasteiger partial charge in [-0.05, 0) is 13.0 Å². The minimum Gasteiger partial charge on any atom is -0.508 e. The topological polar surface area (TPSA) is 50.1 Å². The molecule has 2 aromatic rings. The highest BCUT2D eigenvalue weighted by molar-refractivity contribution is 5.85. The van der Waals surface area contributed by atoms with Crippen molar-refractivity contribution in [2.45, 2.75) is 13.5 Å². The van der Waals surface area contributed by atoms with Crippen LogP contribution >= 0.6 is 12.4 Å². The summed E-state index contributed by atoms with van der Waals surface area (Å²) in [5, 5.41) is 17.1. The first kappa shape index (κ1) is 13.4. The number of nitrogens with one attached hydrogen (secondary N) is 1. The van der Waals surface area contributed by atoms with Gasteiger partial charge in [0.25, 0.3) is 0 Å². The Labute approximate surface area is 107 Å². The van der Waals surface area contributed by atoms with Gasteiger partial charge in [-0.25, -0.2) is 0 Å². The van der Waals surface area contributed by atoms with Crippen molar-refractivity contribution in [1.82, 2.24) is 9.78 Å². The number of benzene rings is 1. The Morgan fingerprint density at radius 3 is 2.65 bits per heavy atom. The van der Waals surface area contributed by atoms with Crippen molar-refractivity contribution < 1.29 is 5.11 Å². The van der Waals surface area contributed by atoms with E-state index in [2.05, 4.69) is 10.4 Å². The molecule has 0 saturated heterocycles. The largest absolute Gasteiger partial charge is 0.508 e. The average molecular weight is 254 g/mol. The van der Waals surface area contributed by atoms with Gasteiger partial charge < -0.3 is 10.4 Å². The SMILES string of the molecule is Cc1cn(C)nc1NCc1ccccc1O.Cl. The Kier molecular flexibility index (Phi) is 4.40. The van der Waals surface area contributed by atoms with Crippen LogP contribution in [-0.2, 0) is 13.6 Å². The van der Waals surface area contributed by atoms with Crippen LogP contribution in [0.4, 0.5) is 5.82 Å². The van der Waals surface area contributed by atoms with E-state index in [4.69, 9.17) is 0 Å². The maximum absolute atomic E-state index is 9.60. The summed E-state index contributed by atoms with van der Waals surface area (Å²) in [5.74, 6) is 1.16. The van der Waals surface area contributed by atoms with Crippen molar-refractivity contribution in [3.8, 4) is 5.75 Å². The summed E-state index contributed by atoms with van der Waals surface area (Å²) in [6, 6.07) is 7.29. The van der Waals surface area contributed by atoms with Crippen LogP contribution in [0.5, 0.6) is 5.75 Å². The summed E-state index contributed by atoms with van der Waals surface area (Å²) in [7, 11) is 1.89. The molecule has 0 spiro atoms.